The van der Waals surface area contributed by atoms with E-state index < -0.39 is 22.3 Å². The van der Waals surface area contributed by atoms with Crippen LogP contribution in [0.4, 0.5) is 5.69 Å². The van der Waals surface area contributed by atoms with Gasteiger partial charge in [-0.15, -0.1) is 0 Å². The molecule has 2 aliphatic heterocycles. The number of halogens is 2. The molecule has 0 atom stereocenters. The maximum absolute atomic E-state index is 13.0. The Bertz CT molecular complexity index is 1660. The quantitative estimate of drug-likeness (QED) is 0.180. The second kappa shape index (κ2) is 13.9. The molecular weight excluding hydrogens is 643 g/mol. The van der Waals surface area contributed by atoms with Crippen molar-refractivity contribution in [1.82, 2.24) is 14.7 Å². The first-order valence-corrected chi connectivity index (χ1v) is 16.0. The van der Waals surface area contributed by atoms with Gasteiger partial charge < -0.3 is 20.0 Å². The standard InChI is InChI=1S/C35H36Cl2N4O6/c1-22-30(33(42)43)35(31(34(44)45)23(2)38(22)3,26-5-4-6-29(21-26)41(46)47)15-16-39-17-19-40(20-18-39)32(24-7-11-27(36)12-8-24)25-9-13-28(37)14-10-25/h4-14,21,32H,15-20H2,1-3H3,(H,42,43)(H,44,45). The molecule has 0 aliphatic carbocycles. The minimum Gasteiger partial charge on any atom is -0.478 e. The molecule has 2 heterocycles. The fourth-order valence-electron chi connectivity index (χ4n) is 7.05. The number of non-ortho nitro benzene ring substituents is 1. The Morgan fingerprint density at radius 1 is 0.851 bits per heavy atom. The van der Waals surface area contributed by atoms with Crippen LogP contribution in [0, 0.1) is 10.1 Å². The van der Waals surface area contributed by atoms with Crippen LogP contribution in [0.25, 0.3) is 0 Å². The number of carboxylic acids is 2. The Morgan fingerprint density at radius 2 is 1.34 bits per heavy atom. The van der Waals surface area contributed by atoms with Gasteiger partial charge in [-0.2, -0.15) is 0 Å². The van der Waals surface area contributed by atoms with Crippen LogP contribution in [0.2, 0.25) is 10.0 Å². The summed E-state index contributed by atoms with van der Waals surface area (Å²) in [5.41, 5.74) is 1.10. The van der Waals surface area contributed by atoms with Gasteiger partial charge in [0, 0.05) is 66.8 Å². The van der Waals surface area contributed by atoms with Gasteiger partial charge in [-0.25, -0.2) is 9.59 Å². The third kappa shape index (κ3) is 6.64. The molecule has 0 radical (unpaired) electrons. The van der Waals surface area contributed by atoms with Gasteiger partial charge in [0.1, 0.15) is 0 Å². The van der Waals surface area contributed by atoms with E-state index in [4.69, 9.17) is 23.2 Å². The van der Waals surface area contributed by atoms with Gasteiger partial charge in [0.2, 0.25) is 0 Å². The third-order valence-corrected chi connectivity index (χ3v) is 10.0. The molecule has 1 fully saturated rings. The predicted octanol–water partition coefficient (Wildman–Crippen LogP) is 6.60. The lowest BCUT2D eigenvalue weighted by Crippen LogP contribution is -2.51. The smallest absolute Gasteiger partial charge is 0.334 e. The van der Waals surface area contributed by atoms with Crippen molar-refractivity contribution in [3.8, 4) is 0 Å². The van der Waals surface area contributed by atoms with Gasteiger partial charge in [0.25, 0.3) is 5.69 Å². The molecule has 0 amide bonds. The average Bonchev–Trinajstić information content (AvgIpc) is 3.04. The summed E-state index contributed by atoms with van der Waals surface area (Å²) in [6.07, 6.45) is 0.0950. The summed E-state index contributed by atoms with van der Waals surface area (Å²) in [5.74, 6) is -2.55. The van der Waals surface area contributed by atoms with Crippen molar-refractivity contribution in [2.75, 3.05) is 39.8 Å². The number of rotatable bonds is 10. The highest BCUT2D eigenvalue weighted by molar-refractivity contribution is 6.30. The minimum atomic E-state index is -1.64. The van der Waals surface area contributed by atoms with Crippen molar-refractivity contribution in [2.45, 2.75) is 31.7 Å². The molecule has 3 aromatic rings. The van der Waals surface area contributed by atoms with Crippen LogP contribution in [-0.2, 0) is 15.0 Å². The topological polar surface area (TPSA) is 127 Å². The second-order valence-corrected chi connectivity index (χ2v) is 12.8. The zero-order valence-electron chi connectivity index (χ0n) is 26.3. The molecule has 2 aliphatic rings. The first-order chi connectivity index (χ1) is 22.3. The van der Waals surface area contributed by atoms with Gasteiger partial charge in [0.05, 0.1) is 27.5 Å². The van der Waals surface area contributed by atoms with Crippen molar-refractivity contribution in [3.05, 3.63) is 132 Å². The summed E-state index contributed by atoms with van der Waals surface area (Å²) in [7, 11) is 1.63. The number of benzene rings is 3. The first-order valence-electron chi connectivity index (χ1n) is 15.2. The number of hydrogen-bond donors (Lipinski definition) is 2. The Kier molecular flexibility index (Phi) is 10.1. The Labute approximate surface area is 283 Å². The normalized spacial score (nSPS) is 17.4. The van der Waals surface area contributed by atoms with Crippen molar-refractivity contribution in [1.29, 1.82) is 0 Å². The minimum absolute atomic E-state index is 0.0508. The SMILES string of the molecule is CC1=C(C(=O)O)C(CCN2CCN(C(c3ccc(Cl)cc3)c3ccc(Cl)cc3)CC2)(c2cccc([N+](=O)[O-])c2)C(C(=O)O)=C(C)N1C. The van der Waals surface area contributed by atoms with E-state index in [9.17, 15) is 29.9 Å². The van der Waals surface area contributed by atoms with Crippen molar-refractivity contribution < 1.29 is 24.7 Å². The van der Waals surface area contributed by atoms with Gasteiger partial charge >= 0.3 is 11.9 Å². The van der Waals surface area contributed by atoms with E-state index in [-0.39, 0.29) is 34.9 Å². The molecule has 3 aromatic carbocycles. The molecular formula is C35H36Cl2N4O6. The third-order valence-electron chi connectivity index (χ3n) is 9.51. The van der Waals surface area contributed by atoms with E-state index in [0.29, 0.717) is 54.2 Å². The molecule has 5 rings (SSSR count). The maximum atomic E-state index is 13.0. The van der Waals surface area contributed by atoms with Crippen molar-refractivity contribution in [2.24, 2.45) is 0 Å². The molecule has 2 N–H and O–H groups in total. The van der Waals surface area contributed by atoms with E-state index in [1.807, 2.05) is 48.5 Å². The molecule has 0 spiro atoms. The summed E-state index contributed by atoms with van der Waals surface area (Å²) in [4.78, 5) is 43.4. The number of nitrogens with zero attached hydrogens (tertiary/aromatic N) is 4. The predicted molar refractivity (Wildman–Crippen MR) is 181 cm³/mol. The van der Waals surface area contributed by atoms with Crippen LogP contribution in [0.5, 0.6) is 0 Å². The van der Waals surface area contributed by atoms with E-state index in [1.165, 1.54) is 18.2 Å². The number of carboxylic acid groups (broad SMARTS) is 2. The van der Waals surface area contributed by atoms with Gasteiger partial charge in [-0.3, -0.25) is 15.0 Å². The van der Waals surface area contributed by atoms with E-state index in [0.717, 1.165) is 11.1 Å². The van der Waals surface area contributed by atoms with Crippen LogP contribution in [-0.4, -0.2) is 81.5 Å². The Balaban J connectivity index is 1.48. The molecule has 12 heteroatoms. The number of carbonyl (C=O) groups is 2. The van der Waals surface area contributed by atoms with Crippen LogP contribution in [0.15, 0.2) is 95.3 Å². The lowest BCUT2D eigenvalue weighted by atomic mass is 9.63. The number of piperazine rings is 1. The molecule has 1 saturated heterocycles. The number of hydrogen-bond acceptors (Lipinski definition) is 7. The van der Waals surface area contributed by atoms with Gasteiger partial charge in [0.15, 0.2) is 0 Å². The van der Waals surface area contributed by atoms with Gasteiger partial charge in [-0.05, 0) is 67.8 Å². The average molecular weight is 680 g/mol. The zero-order valence-corrected chi connectivity index (χ0v) is 27.8. The van der Waals surface area contributed by atoms with Crippen LogP contribution in [0.1, 0.15) is 43.0 Å². The number of allylic oxidation sites excluding steroid dienone is 2. The highest BCUT2D eigenvalue weighted by atomic mass is 35.5. The summed E-state index contributed by atoms with van der Waals surface area (Å²) in [5, 5.41) is 34.3. The Hall–Kier alpha value is -4.22. The molecule has 0 bridgehead atoms. The first kappa shape index (κ1) is 34.1. The van der Waals surface area contributed by atoms with Crippen LogP contribution < -0.4 is 0 Å². The fourth-order valence-corrected chi connectivity index (χ4v) is 7.30. The van der Waals surface area contributed by atoms with Crippen LogP contribution >= 0.6 is 23.2 Å². The van der Waals surface area contributed by atoms with E-state index in [2.05, 4.69) is 9.80 Å². The summed E-state index contributed by atoms with van der Waals surface area (Å²) in [6.45, 7) is 6.29. The summed E-state index contributed by atoms with van der Waals surface area (Å²) >= 11 is 12.4. The highest BCUT2D eigenvalue weighted by Gasteiger charge is 2.52. The number of nitro groups is 1. The van der Waals surface area contributed by atoms with E-state index in [1.54, 1.807) is 31.9 Å². The highest BCUT2D eigenvalue weighted by Crippen LogP contribution is 2.50. The molecule has 47 heavy (non-hydrogen) atoms. The monoisotopic (exact) mass is 678 g/mol. The molecule has 0 aromatic heterocycles. The van der Waals surface area contributed by atoms with Gasteiger partial charge in [-0.1, -0.05) is 59.6 Å². The van der Waals surface area contributed by atoms with Crippen molar-refractivity contribution in [3.63, 3.8) is 0 Å². The Morgan fingerprint density at radius 3 is 1.79 bits per heavy atom. The lowest BCUT2D eigenvalue weighted by Gasteiger charge is -2.45. The molecule has 0 unspecified atom stereocenters. The summed E-state index contributed by atoms with van der Waals surface area (Å²) in [6, 6.07) is 21.2. The molecule has 10 nitrogen and oxygen atoms in total. The largest absolute Gasteiger partial charge is 0.478 e. The lowest BCUT2D eigenvalue weighted by molar-refractivity contribution is -0.385. The number of aliphatic carboxylic acids is 2. The van der Waals surface area contributed by atoms with Crippen molar-refractivity contribution >= 4 is 40.8 Å². The summed E-state index contributed by atoms with van der Waals surface area (Å²) < 4.78 is 0. The van der Waals surface area contributed by atoms with Crippen LogP contribution in [0.3, 0.4) is 0 Å². The zero-order chi connectivity index (χ0) is 34.0. The second-order valence-electron chi connectivity index (χ2n) is 11.9. The molecule has 246 valence electrons. The van der Waals surface area contributed by atoms with E-state index >= 15 is 0 Å². The fraction of sp³-hybridized carbons (Fsp3) is 0.314. The number of nitro benzene ring substituents is 1. The molecule has 0 saturated carbocycles. The maximum Gasteiger partial charge on any atom is 0.334 e.